The number of hydrogen-bond acceptors (Lipinski definition) is 8. The molecular weight excluding hydrogens is 528 g/mol. The number of amides is 1. The van der Waals surface area contributed by atoms with Crippen molar-refractivity contribution in [3.05, 3.63) is 72.4 Å². The molecule has 9 heteroatoms. The second-order valence-electron chi connectivity index (χ2n) is 11.4. The van der Waals surface area contributed by atoms with Crippen molar-refractivity contribution in [2.24, 2.45) is 5.92 Å². The first-order chi connectivity index (χ1) is 20.4. The summed E-state index contributed by atoms with van der Waals surface area (Å²) in [5.41, 5.74) is 4.86. The first-order valence-electron chi connectivity index (χ1n) is 14.8. The molecular formula is C33H42N6O3. The molecule has 0 atom stereocenters. The van der Waals surface area contributed by atoms with E-state index in [2.05, 4.69) is 58.5 Å². The number of rotatable bonds is 6. The minimum absolute atomic E-state index is 0.0528. The van der Waals surface area contributed by atoms with Crippen LogP contribution < -0.4 is 15.0 Å². The smallest absolute Gasteiger partial charge is 0.227 e. The number of anilines is 3. The molecule has 9 nitrogen and oxygen atoms in total. The summed E-state index contributed by atoms with van der Waals surface area (Å²) in [6, 6.07) is 16.7. The Bertz CT molecular complexity index is 1390. The molecule has 222 valence electrons. The van der Waals surface area contributed by atoms with Crippen LogP contribution in [0.1, 0.15) is 25.8 Å². The van der Waals surface area contributed by atoms with Gasteiger partial charge in [-0.2, -0.15) is 0 Å². The van der Waals surface area contributed by atoms with Gasteiger partial charge in [0.05, 0.1) is 25.5 Å². The van der Waals surface area contributed by atoms with Crippen molar-refractivity contribution in [1.29, 1.82) is 0 Å². The summed E-state index contributed by atoms with van der Waals surface area (Å²) in [4.78, 5) is 28.1. The van der Waals surface area contributed by atoms with Gasteiger partial charge >= 0.3 is 0 Å². The summed E-state index contributed by atoms with van der Waals surface area (Å²) in [7, 11) is 4.26. The van der Waals surface area contributed by atoms with Crippen molar-refractivity contribution >= 4 is 23.2 Å². The van der Waals surface area contributed by atoms with Gasteiger partial charge in [0.2, 0.25) is 11.9 Å². The number of carbonyl (C=O) groups is 1. The van der Waals surface area contributed by atoms with Gasteiger partial charge in [0.1, 0.15) is 5.75 Å². The van der Waals surface area contributed by atoms with Gasteiger partial charge in [-0.3, -0.25) is 9.69 Å². The molecule has 2 aromatic carbocycles. The van der Waals surface area contributed by atoms with E-state index in [0.29, 0.717) is 31.8 Å². The number of carbonyl (C=O) groups excluding carboxylic acids is 1. The van der Waals surface area contributed by atoms with Crippen LogP contribution >= 0.6 is 0 Å². The van der Waals surface area contributed by atoms with Gasteiger partial charge in [-0.1, -0.05) is 38.1 Å². The monoisotopic (exact) mass is 570 g/mol. The van der Waals surface area contributed by atoms with Gasteiger partial charge < -0.3 is 24.6 Å². The molecule has 0 spiro atoms. The molecule has 0 unspecified atom stereocenters. The molecule has 42 heavy (non-hydrogen) atoms. The number of hydrogen-bond donors (Lipinski definition) is 1. The highest BCUT2D eigenvalue weighted by molar-refractivity contribution is 5.79. The number of ether oxygens (including phenoxy) is 2. The van der Waals surface area contributed by atoms with E-state index in [9.17, 15) is 4.79 Å². The lowest BCUT2D eigenvalue weighted by Crippen LogP contribution is -2.61. The maximum absolute atomic E-state index is 12.2. The van der Waals surface area contributed by atoms with E-state index in [1.54, 1.807) is 6.20 Å². The second-order valence-corrected chi connectivity index (χ2v) is 11.4. The van der Waals surface area contributed by atoms with Crippen molar-refractivity contribution in [3.63, 3.8) is 0 Å². The average molecular weight is 571 g/mol. The molecule has 1 aromatic heterocycles. The van der Waals surface area contributed by atoms with E-state index in [4.69, 9.17) is 14.5 Å². The SMILES string of the molecule is CC(C)C(=O)N1CC(N(C)CCN(C)c2cc3cc(c2)Nc2nccc(n2)-c2cccc(c2)OCC/C=C/COC3)C1. The van der Waals surface area contributed by atoms with E-state index in [1.807, 2.05) is 55.2 Å². The van der Waals surface area contributed by atoms with Gasteiger partial charge in [-0.25, -0.2) is 9.97 Å². The summed E-state index contributed by atoms with van der Waals surface area (Å²) < 4.78 is 11.9. The molecule has 1 saturated heterocycles. The molecule has 1 amide bonds. The minimum Gasteiger partial charge on any atom is -0.493 e. The summed E-state index contributed by atoms with van der Waals surface area (Å²) >= 11 is 0. The van der Waals surface area contributed by atoms with E-state index in [-0.39, 0.29) is 11.8 Å². The lowest BCUT2D eigenvalue weighted by molar-refractivity contribution is -0.141. The molecule has 1 fully saturated rings. The van der Waals surface area contributed by atoms with Crippen molar-refractivity contribution in [3.8, 4) is 17.0 Å². The fourth-order valence-electron chi connectivity index (χ4n) is 5.08. The largest absolute Gasteiger partial charge is 0.493 e. The Hall–Kier alpha value is -3.95. The van der Waals surface area contributed by atoms with Crippen molar-refractivity contribution in [2.75, 3.05) is 63.7 Å². The molecule has 1 N–H and O–H groups in total. The lowest BCUT2D eigenvalue weighted by atomic mass is 10.0. The molecule has 3 heterocycles. The first kappa shape index (κ1) is 29.5. The highest BCUT2D eigenvalue weighted by atomic mass is 16.5. The van der Waals surface area contributed by atoms with Crippen LogP contribution in [0.25, 0.3) is 11.3 Å². The Kier molecular flexibility index (Phi) is 9.71. The van der Waals surface area contributed by atoms with Crippen LogP contribution in [0.3, 0.4) is 0 Å². The highest BCUT2D eigenvalue weighted by Crippen LogP contribution is 2.27. The third kappa shape index (κ3) is 7.66. The van der Waals surface area contributed by atoms with Crippen molar-refractivity contribution < 1.29 is 14.3 Å². The Morgan fingerprint density at radius 2 is 1.95 bits per heavy atom. The topological polar surface area (TPSA) is 83.1 Å². The number of nitrogens with zero attached hydrogens (tertiary/aromatic N) is 5. The number of likely N-dealkylation sites (tertiary alicyclic amines) is 1. The number of fused-ring (bicyclic) bond motifs is 7. The number of benzene rings is 2. The molecule has 5 rings (SSSR count). The van der Waals surface area contributed by atoms with E-state index >= 15 is 0 Å². The Balaban J connectivity index is 1.31. The zero-order chi connectivity index (χ0) is 29.5. The van der Waals surface area contributed by atoms with Gasteiger partial charge in [-0.15, -0.1) is 0 Å². The Labute approximate surface area is 249 Å². The van der Waals surface area contributed by atoms with Crippen LogP contribution in [0.4, 0.5) is 17.3 Å². The van der Waals surface area contributed by atoms with Crippen LogP contribution in [0.15, 0.2) is 66.9 Å². The van der Waals surface area contributed by atoms with Gasteiger partial charge in [0.15, 0.2) is 0 Å². The van der Waals surface area contributed by atoms with Gasteiger partial charge in [0.25, 0.3) is 0 Å². The lowest BCUT2D eigenvalue weighted by Gasteiger charge is -2.45. The quantitative estimate of drug-likeness (QED) is 0.416. The third-order valence-corrected chi connectivity index (χ3v) is 7.74. The molecule has 0 aliphatic carbocycles. The van der Waals surface area contributed by atoms with Crippen LogP contribution in [0.2, 0.25) is 0 Å². The zero-order valence-corrected chi connectivity index (χ0v) is 25.1. The molecule has 2 aliphatic rings. The van der Waals surface area contributed by atoms with Crippen LogP contribution in [-0.2, 0) is 16.1 Å². The third-order valence-electron chi connectivity index (χ3n) is 7.74. The number of aromatic nitrogens is 2. The molecule has 3 aromatic rings. The van der Waals surface area contributed by atoms with Crippen LogP contribution in [0, 0.1) is 5.92 Å². The Morgan fingerprint density at radius 3 is 2.79 bits per heavy atom. The number of nitrogens with one attached hydrogen (secondary N) is 1. The zero-order valence-electron chi connectivity index (χ0n) is 25.1. The molecule has 0 radical (unpaired) electrons. The van der Waals surface area contributed by atoms with Crippen molar-refractivity contribution in [2.45, 2.75) is 32.9 Å². The molecule has 6 bridgehead atoms. The van der Waals surface area contributed by atoms with Crippen LogP contribution in [0.5, 0.6) is 5.75 Å². The number of likely N-dealkylation sites (N-methyl/N-ethyl adjacent to an activating group) is 2. The van der Waals surface area contributed by atoms with E-state index in [0.717, 1.165) is 66.5 Å². The average Bonchev–Trinajstić information content (AvgIpc) is 2.96. The van der Waals surface area contributed by atoms with E-state index < -0.39 is 0 Å². The summed E-state index contributed by atoms with van der Waals surface area (Å²) in [5, 5.41) is 3.42. The van der Waals surface area contributed by atoms with Crippen LogP contribution in [-0.4, -0.2) is 85.2 Å². The Morgan fingerprint density at radius 1 is 1.10 bits per heavy atom. The van der Waals surface area contributed by atoms with Crippen molar-refractivity contribution in [1.82, 2.24) is 19.8 Å². The second kappa shape index (κ2) is 13.8. The predicted octanol–water partition coefficient (Wildman–Crippen LogP) is 4.98. The van der Waals surface area contributed by atoms with E-state index in [1.165, 1.54) is 0 Å². The first-order valence-corrected chi connectivity index (χ1v) is 14.8. The fraction of sp³-hybridized carbons (Fsp3) is 0.424. The van der Waals surface area contributed by atoms with Gasteiger partial charge in [0, 0.05) is 68.3 Å². The maximum Gasteiger partial charge on any atom is 0.227 e. The summed E-state index contributed by atoms with van der Waals surface area (Å²) in [6.45, 7) is 8.91. The van der Waals surface area contributed by atoms with Gasteiger partial charge in [-0.05, 0) is 55.4 Å². The standard InChI is InChI=1S/C33H42N6O3/c1-24(2)32(40)39-21-29(22-39)38(4)14-13-37(3)28-18-25-17-27(20-28)35-33-34-12-11-31(36-33)26-9-8-10-30(19-26)42-16-7-5-6-15-41-23-25/h5-6,8-12,17-20,24,29H,7,13-16,21-23H2,1-4H3,(H,34,35,36)/b6-5+. The minimum atomic E-state index is 0.0528. The summed E-state index contributed by atoms with van der Waals surface area (Å²) in [6.07, 6.45) is 6.72. The predicted molar refractivity (Wildman–Crippen MR) is 167 cm³/mol. The molecule has 2 aliphatic heterocycles. The summed E-state index contributed by atoms with van der Waals surface area (Å²) in [5.74, 6) is 1.64. The highest BCUT2D eigenvalue weighted by Gasteiger charge is 2.33. The molecule has 0 saturated carbocycles. The normalized spacial score (nSPS) is 16.6. The fourth-order valence-corrected chi connectivity index (χ4v) is 5.08. The maximum atomic E-state index is 12.2.